The van der Waals surface area contributed by atoms with Crippen LogP contribution in [-0.2, 0) is 16.2 Å². The van der Waals surface area contributed by atoms with Gasteiger partial charge in [0.25, 0.3) is 11.1 Å². The molecule has 12 heteroatoms. The standard InChI is InChI=1S/C28H22Cl3IN2O5S/c1-3-38-23-9-16(8-22(32)26(23)39-14-17-5-6-18(29)11-21(17)31)10-24-27(36)34(28(37)40-24)13-25(35)33-19-7-4-15(2)20(30)12-19/h4-12H,3,13-14H2,1-2H3,(H,33,35)/b24-10+. The summed E-state index contributed by atoms with van der Waals surface area (Å²) in [6, 6.07) is 13.8. The predicted octanol–water partition coefficient (Wildman–Crippen LogP) is 8.21. The highest BCUT2D eigenvalue weighted by Gasteiger charge is 2.36. The summed E-state index contributed by atoms with van der Waals surface area (Å²) < 4.78 is 12.6. The Balaban J connectivity index is 1.49. The van der Waals surface area contributed by atoms with Crippen LogP contribution in [0.1, 0.15) is 23.6 Å². The van der Waals surface area contributed by atoms with E-state index in [9.17, 15) is 14.4 Å². The molecule has 0 bridgehead atoms. The maximum Gasteiger partial charge on any atom is 0.294 e. The molecule has 1 aliphatic rings. The van der Waals surface area contributed by atoms with Crippen LogP contribution in [0.25, 0.3) is 6.08 Å². The van der Waals surface area contributed by atoms with Crippen LogP contribution in [-0.4, -0.2) is 35.1 Å². The van der Waals surface area contributed by atoms with Crippen molar-refractivity contribution in [3.63, 3.8) is 0 Å². The first-order chi connectivity index (χ1) is 19.0. The lowest BCUT2D eigenvalue weighted by atomic mass is 10.1. The first-order valence-corrected chi connectivity index (χ1v) is 14.9. The number of anilines is 1. The molecule has 0 radical (unpaired) electrons. The Morgan fingerprint density at radius 1 is 1.05 bits per heavy atom. The summed E-state index contributed by atoms with van der Waals surface area (Å²) in [6.45, 7) is 3.85. The number of imide groups is 1. The average molecular weight is 732 g/mol. The minimum absolute atomic E-state index is 0.191. The molecule has 1 saturated heterocycles. The van der Waals surface area contributed by atoms with E-state index in [4.69, 9.17) is 44.3 Å². The largest absolute Gasteiger partial charge is 0.490 e. The fraction of sp³-hybridized carbons (Fsp3) is 0.179. The normalized spacial score (nSPS) is 14.2. The third-order valence-electron chi connectivity index (χ3n) is 5.65. The molecule has 40 heavy (non-hydrogen) atoms. The highest BCUT2D eigenvalue weighted by Crippen LogP contribution is 2.38. The van der Waals surface area contributed by atoms with Gasteiger partial charge in [-0.1, -0.05) is 46.9 Å². The maximum atomic E-state index is 13.0. The van der Waals surface area contributed by atoms with Gasteiger partial charge in [0.1, 0.15) is 13.2 Å². The van der Waals surface area contributed by atoms with Crippen molar-refractivity contribution >= 4 is 98.0 Å². The van der Waals surface area contributed by atoms with Crippen molar-refractivity contribution in [3.8, 4) is 11.5 Å². The SMILES string of the molecule is CCOc1cc(/C=C2/SC(=O)N(CC(=O)Nc3ccc(C)c(Cl)c3)C2=O)cc(I)c1OCc1ccc(Cl)cc1Cl. The zero-order valence-corrected chi connectivity index (χ0v) is 26.5. The van der Waals surface area contributed by atoms with Crippen LogP contribution < -0.4 is 14.8 Å². The summed E-state index contributed by atoms with van der Waals surface area (Å²) in [7, 11) is 0. The molecule has 1 N–H and O–H groups in total. The second-order valence-corrected chi connectivity index (χ2v) is 12.0. The van der Waals surface area contributed by atoms with Gasteiger partial charge in [0.2, 0.25) is 5.91 Å². The van der Waals surface area contributed by atoms with Gasteiger partial charge < -0.3 is 14.8 Å². The lowest BCUT2D eigenvalue weighted by molar-refractivity contribution is -0.127. The fourth-order valence-corrected chi connectivity index (χ4v) is 5.93. The van der Waals surface area contributed by atoms with Gasteiger partial charge in [0, 0.05) is 26.3 Å². The van der Waals surface area contributed by atoms with E-state index in [1.165, 1.54) is 0 Å². The molecule has 3 aromatic rings. The molecular formula is C28H22Cl3IN2O5S. The average Bonchev–Trinajstić information content (AvgIpc) is 3.14. The Morgan fingerprint density at radius 3 is 2.52 bits per heavy atom. The molecule has 1 heterocycles. The Bertz CT molecular complexity index is 1530. The van der Waals surface area contributed by atoms with Crippen molar-refractivity contribution in [2.24, 2.45) is 0 Å². The monoisotopic (exact) mass is 730 g/mol. The lowest BCUT2D eigenvalue weighted by Gasteiger charge is -2.15. The third-order valence-corrected chi connectivity index (χ3v) is 8.35. The summed E-state index contributed by atoms with van der Waals surface area (Å²) in [5, 5.41) is 3.65. The summed E-state index contributed by atoms with van der Waals surface area (Å²) in [5.41, 5.74) is 2.73. The van der Waals surface area contributed by atoms with Crippen LogP contribution >= 0.6 is 69.2 Å². The van der Waals surface area contributed by atoms with Crippen molar-refractivity contribution in [2.45, 2.75) is 20.5 Å². The number of thioether (sulfide) groups is 1. The maximum absolute atomic E-state index is 13.0. The van der Waals surface area contributed by atoms with E-state index in [0.29, 0.717) is 44.4 Å². The Kier molecular flexibility index (Phi) is 10.3. The second kappa shape index (κ2) is 13.5. The summed E-state index contributed by atoms with van der Waals surface area (Å²) in [5.74, 6) is -0.0793. The van der Waals surface area contributed by atoms with E-state index in [0.717, 1.165) is 31.4 Å². The molecule has 0 spiro atoms. The van der Waals surface area contributed by atoms with Gasteiger partial charge in [0.05, 0.1) is 15.1 Å². The fourth-order valence-electron chi connectivity index (χ4n) is 3.67. The number of nitrogens with one attached hydrogen (secondary N) is 1. The highest BCUT2D eigenvalue weighted by atomic mass is 127. The zero-order valence-electron chi connectivity index (χ0n) is 21.2. The van der Waals surface area contributed by atoms with Crippen molar-refractivity contribution in [3.05, 3.63) is 88.8 Å². The smallest absolute Gasteiger partial charge is 0.294 e. The molecule has 0 atom stereocenters. The Hall–Kier alpha value is -2.44. The first kappa shape index (κ1) is 30.5. The Labute approximate surface area is 264 Å². The number of nitrogens with zero attached hydrogens (tertiary/aromatic N) is 1. The van der Waals surface area contributed by atoms with Gasteiger partial charge in [-0.2, -0.15) is 0 Å². The number of benzene rings is 3. The van der Waals surface area contributed by atoms with Crippen LogP contribution in [0.3, 0.4) is 0 Å². The molecule has 1 fully saturated rings. The van der Waals surface area contributed by atoms with Crippen molar-refractivity contribution in [2.75, 3.05) is 18.5 Å². The van der Waals surface area contributed by atoms with Gasteiger partial charge in [-0.3, -0.25) is 19.3 Å². The zero-order chi connectivity index (χ0) is 29.0. The number of carbonyl (C=O) groups is 3. The van der Waals surface area contributed by atoms with Crippen molar-refractivity contribution in [1.29, 1.82) is 0 Å². The number of carbonyl (C=O) groups excluding carboxylic acids is 3. The number of hydrogen-bond acceptors (Lipinski definition) is 6. The van der Waals surface area contributed by atoms with Gasteiger partial charge in [-0.25, -0.2) is 0 Å². The molecule has 7 nitrogen and oxygen atoms in total. The van der Waals surface area contributed by atoms with E-state index < -0.39 is 23.6 Å². The van der Waals surface area contributed by atoms with E-state index in [-0.39, 0.29) is 11.5 Å². The lowest BCUT2D eigenvalue weighted by Crippen LogP contribution is -2.36. The minimum atomic E-state index is -0.558. The summed E-state index contributed by atoms with van der Waals surface area (Å²) >= 11 is 21.3. The van der Waals surface area contributed by atoms with E-state index in [1.807, 2.05) is 19.9 Å². The van der Waals surface area contributed by atoms with E-state index >= 15 is 0 Å². The number of ether oxygens (including phenoxy) is 2. The first-order valence-electron chi connectivity index (χ1n) is 11.9. The summed E-state index contributed by atoms with van der Waals surface area (Å²) in [4.78, 5) is 39.3. The van der Waals surface area contributed by atoms with E-state index in [2.05, 4.69) is 27.9 Å². The Morgan fingerprint density at radius 2 is 1.82 bits per heavy atom. The minimum Gasteiger partial charge on any atom is -0.490 e. The molecule has 0 unspecified atom stereocenters. The topological polar surface area (TPSA) is 84.9 Å². The van der Waals surface area contributed by atoms with Gasteiger partial charge in [-0.05, 0) is 102 Å². The van der Waals surface area contributed by atoms with E-state index in [1.54, 1.807) is 48.5 Å². The van der Waals surface area contributed by atoms with Crippen molar-refractivity contribution < 1.29 is 23.9 Å². The molecule has 1 aliphatic heterocycles. The van der Waals surface area contributed by atoms with Crippen LogP contribution in [0.5, 0.6) is 11.5 Å². The number of amides is 3. The number of aryl methyl sites for hydroxylation is 1. The molecule has 0 aromatic heterocycles. The predicted molar refractivity (Wildman–Crippen MR) is 169 cm³/mol. The van der Waals surface area contributed by atoms with Gasteiger partial charge >= 0.3 is 0 Å². The van der Waals surface area contributed by atoms with Gasteiger partial charge in [-0.15, -0.1) is 0 Å². The summed E-state index contributed by atoms with van der Waals surface area (Å²) in [6.07, 6.45) is 1.59. The third kappa shape index (κ3) is 7.44. The molecule has 208 valence electrons. The van der Waals surface area contributed by atoms with Crippen molar-refractivity contribution in [1.82, 2.24) is 4.90 Å². The molecule has 3 amide bonds. The van der Waals surface area contributed by atoms with Crippen LogP contribution in [0, 0.1) is 10.5 Å². The van der Waals surface area contributed by atoms with Crippen LogP contribution in [0.15, 0.2) is 53.4 Å². The highest BCUT2D eigenvalue weighted by molar-refractivity contribution is 14.1. The number of halogens is 4. The quantitative estimate of drug-likeness (QED) is 0.177. The van der Waals surface area contributed by atoms with Gasteiger partial charge in [0.15, 0.2) is 11.5 Å². The second-order valence-electron chi connectivity index (χ2n) is 8.57. The molecule has 4 rings (SSSR count). The number of hydrogen-bond donors (Lipinski definition) is 1. The molecular weight excluding hydrogens is 710 g/mol. The van der Waals surface area contributed by atoms with Crippen LogP contribution in [0.2, 0.25) is 15.1 Å². The molecule has 0 aliphatic carbocycles. The van der Waals surface area contributed by atoms with Crippen LogP contribution in [0.4, 0.5) is 10.5 Å². The number of rotatable bonds is 9. The molecule has 3 aromatic carbocycles. The molecule has 0 saturated carbocycles.